The third kappa shape index (κ3) is 6.73. The third-order valence-electron chi connectivity index (χ3n) is 6.77. The van der Waals surface area contributed by atoms with E-state index in [1.54, 1.807) is 31.4 Å². The molecule has 1 aliphatic heterocycles. The van der Waals surface area contributed by atoms with Gasteiger partial charge >= 0.3 is 0 Å². The fourth-order valence-electron chi connectivity index (χ4n) is 4.77. The van der Waals surface area contributed by atoms with E-state index in [1.165, 1.54) is 30.4 Å². The maximum Gasteiger partial charge on any atom is 0.255 e. The maximum atomic E-state index is 13.2. The first kappa shape index (κ1) is 26.3. The second-order valence-corrected chi connectivity index (χ2v) is 10.4. The van der Waals surface area contributed by atoms with Gasteiger partial charge in [-0.25, -0.2) is 0 Å². The molecule has 4 rings (SSSR count). The van der Waals surface area contributed by atoms with Crippen molar-refractivity contribution in [1.29, 1.82) is 0 Å². The number of amides is 1. The Kier molecular flexibility index (Phi) is 8.22. The van der Waals surface area contributed by atoms with Gasteiger partial charge in [0.05, 0.1) is 24.8 Å². The highest BCUT2D eigenvalue weighted by Gasteiger charge is 2.28. The van der Waals surface area contributed by atoms with Crippen molar-refractivity contribution in [3.8, 4) is 5.75 Å². The first-order chi connectivity index (χ1) is 17.8. The molecule has 0 bridgehead atoms. The predicted octanol–water partition coefficient (Wildman–Crippen LogP) is 7.08. The highest BCUT2D eigenvalue weighted by atomic mass is 16.5. The van der Waals surface area contributed by atoms with Gasteiger partial charge in [0.1, 0.15) is 5.75 Å². The summed E-state index contributed by atoms with van der Waals surface area (Å²) in [5.74, 6) is 0.579. The molecule has 1 N–H and O–H groups in total. The molecule has 0 fully saturated rings. The van der Waals surface area contributed by atoms with Crippen LogP contribution in [0.2, 0.25) is 0 Å². The number of carbonyl (C=O) groups is 2. The highest BCUT2D eigenvalue weighted by molar-refractivity contribution is 6.17. The largest absolute Gasteiger partial charge is 0.497 e. The predicted molar refractivity (Wildman–Crippen MR) is 150 cm³/mol. The van der Waals surface area contributed by atoms with E-state index in [2.05, 4.69) is 32.2 Å². The smallest absolute Gasteiger partial charge is 0.255 e. The zero-order chi connectivity index (χ0) is 26.4. The number of nitrogens with zero attached hydrogens (tertiary/aromatic N) is 1. The molecule has 0 saturated heterocycles. The Balaban J connectivity index is 1.41. The number of fused-ring (bicyclic) bond motifs is 1. The first-order valence-corrected chi connectivity index (χ1v) is 13.1. The summed E-state index contributed by atoms with van der Waals surface area (Å²) in [7, 11) is 1.64. The van der Waals surface area contributed by atoms with Gasteiger partial charge in [0.2, 0.25) is 0 Å². The number of unbranched alkanes of at least 4 members (excludes halogenated alkanes) is 2. The third-order valence-corrected chi connectivity index (χ3v) is 6.77. The molecule has 1 aliphatic rings. The Labute approximate surface area is 220 Å². The van der Waals surface area contributed by atoms with Gasteiger partial charge < -0.3 is 10.1 Å². The standard InChI is InChI=1S/C32H36N2O3/c1-5-6-7-8-22-9-11-24(12-10-22)31(36)33-26-16-13-23(14-17-26)30(35)20-29-28-19-27(37-4)18-15-25(28)21-32(2,3)34-29/h9-19H,5-8,20-21H2,1-4H3,(H,33,36). The number of Topliss-reactive ketones (excluding diaryl/α,β-unsaturated/α-hetero) is 1. The van der Waals surface area contributed by atoms with Crippen molar-refractivity contribution in [1.82, 2.24) is 0 Å². The second kappa shape index (κ2) is 11.5. The molecule has 5 nitrogen and oxygen atoms in total. The van der Waals surface area contributed by atoms with Crippen LogP contribution in [0.3, 0.4) is 0 Å². The Hall–Kier alpha value is -3.73. The lowest BCUT2D eigenvalue weighted by Gasteiger charge is -2.29. The zero-order valence-electron chi connectivity index (χ0n) is 22.3. The Morgan fingerprint density at radius 1 is 0.946 bits per heavy atom. The molecule has 0 saturated carbocycles. The molecule has 192 valence electrons. The quantitative estimate of drug-likeness (QED) is 0.241. The van der Waals surface area contributed by atoms with Crippen molar-refractivity contribution < 1.29 is 14.3 Å². The molecule has 37 heavy (non-hydrogen) atoms. The highest BCUT2D eigenvalue weighted by Crippen LogP contribution is 2.31. The monoisotopic (exact) mass is 496 g/mol. The molecule has 1 heterocycles. The van der Waals surface area contributed by atoms with Crippen molar-refractivity contribution in [2.75, 3.05) is 12.4 Å². The Bertz CT molecular complexity index is 1290. The number of hydrogen-bond donors (Lipinski definition) is 1. The van der Waals surface area contributed by atoms with Crippen LogP contribution in [-0.4, -0.2) is 30.1 Å². The summed E-state index contributed by atoms with van der Waals surface area (Å²) in [6.07, 6.45) is 5.64. The summed E-state index contributed by atoms with van der Waals surface area (Å²) in [4.78, 5) is 30.8. The minimum absolute atomic E-state index is 0.0123. The number of aliphatic imine (C=N–C) groups is 1. The molecule has 3 aromatic carbocycles. The van der Waals surface area contributed by atoms with Gasteiger partial charge in [-0.3, -0.25) is 14.6 Å². The average Bonchev–Trinajstić information content (AvgIpc) is 2.89. The summed E-state index contributed by atoms with van der Waals surface area (Å²) in [6.45, 7) is 6.36. The molecular weight excluding hydrogens is 460 g/mol. The number of aryl methyl sites for hydroxylation is 1. The van der Waals surface area contributed by atoms with Crippen LogP contribution in [0.1, 0.15) is 83.9 Å². The van der Waals surface area contributed by atoms with Crippen molar-refractivity contribution in [3.63, 3.8) is 0 Å². The molecule has 0 aliphatic carbocycles. The van der Waals surface area contributed by atoms with Crippen LogP contribution in [0.25, 0.3) is 0 Å². The van der Waals surface area contributed by atoms with Gasteiger partial charge in [0.15, 0.2) is 5.78 Å². The fourth-order valence-corrected chi connectivity index (χ4v) is 4.77. The molecule has 0 unspecified atom stereocenters. The van der Waals surface area contributed by atoms with E-state index in [4.69, 9.17) is 9.73 Å². The summed E-state index contributed by atoms with van der Waals surface area (Å²) < 4.78 is 5.40. The van der Waals surface area contributed by atoms with E-state index >= 15 is 0 Å². The number of nitrogens with one attached hydrogen (secondary N) is 1. The zero-order valence-corrected chi connectivity index (χ0v) is 22.3. The van der Waals surface area contributed by atoms with Crippen LogP contribution < -0.4 is 10.1 Å². The number of ether oxygens (including phenoxy) is 1. The van der Waals surface area contributed by atoms with Crippen LogP contribution in [0.5, 0.6) is 5.75 Å². The first-order valence-electron chi connectivity index (χ1n) is 13.1. The van der Waals surface area contributed by atoms with Crippen molar-refractivity contribution in [2.24, 2.45) is 4.99 Å². The van der Waals surface area contributed by atoms with E-state index in [-0.39, 0.29) is 23.7 Å². The molecule has 0 aromatic heterocycles. The number of hydrogen-bond acceptors (Lipinski definition) is 4. The lowest BCUT2D eigenvalue weighted by molar-refractivity contribution is 0.0998. The summed E-state index contributed by atoms with van der Waals surface area (Å²) in [5.41, 5.74) is 5.78. The summed E-state index contributed by atoms with van der Waals surface area (Å²) in [5, 5.41) is 2.93. The van der Waals surface area contributed by atoms with Gasteiger partial charge in [0, 0.05) is 22.4 Å². The Morgan fingerprint density at radius 3 is 2.32 bits per heavy atom. The molecule has 0 atom stereocenters. The van der Waals surface area contributed by atoms with E-state index < -0.39 is 0 Å². The van der Waals surface area contributed by atoms with Crippen LogP contribution in [0.15, 0.2) is 71.7 Å². The Morgan fingerprint density at radius 2 is 1.65 bits per heavy atom. The lowest BCUT2D eigenvalue weighted by Crippen LogP contribution is -2.30. The van der Waals surface area contributed by atoms with E-state index in [0.717, 1.165) is 29.9 Å². The summed E-state index contributed by atoms with van der Waals surface area (Å²) in [6, 6.07) is 20.8. The van der Waals surface area contributed by atoms with E-state index in [1.807, 2.05) is 36.4 Å². The van der Waals surface area contributed by atoms with Crippen molar-refractivity contribution in [2.45, 2.75) is 64.8 Å². The molecule has 3 aromatic rings. The van der Waals surface area contributed by atoms with Gasteiger partial charge in [-0.05, 0) is 92.8 Å². The van der Waals surface area contributed by atoms with Crippen LogP contribution in [0, 0.1) is 0 Å². The molecular formula is C32H36N2O3. The van der Waals surface area contributed by atoms with E-state index in [0.29, 0.717) is 16.8 Å². The molecule has 0 radical (unpaired) electrons. The van der Waals surface area contributed by atoms with Crippen LogP contribution >= 0.6 is 0 Å². The topological polar surface area (TPSA) is 67.8 Å². The second-order valence-electron chi connectivity index (χ2n) is 10.4. The number of anilines is 1. The number of methoxy groups -OCH3 is 1. The minimum Gasteiger partial charge on any atom is -0.497 e. The number of carbonyl (C=O) groups excluding carboxylic acids is 2. The maximum absolute atomic E-state index is 13.2. The SMILES string of the molecule is CCCCCc1ccc(C(=O)Nc2ccc(C(=O)CC3=NC(C)(C)Cc4ccc(OC)cc43)cc2)cc1. The average molecular weight is 497 g/mol. The van der Waals surface area contributed by atoms with Crippen LogP contribution in [-0.2, 0) is 12.8 Å². The van der Waals surface area contributed by atoms with E-state index in [9.17, 15) is 9.59 Å². The normalized spacial score (nSPS) is 13.9. The molecule has 1 amide bonds. The number of ketones is 1. The molecule has 5 heteroatoms. The number of rotatable bonds is 10. The van der Waals surface area contributed by atoms with Gasteiger partial charge in [-0.1, -0.05) is 38.0 Å². The van der Waals surface area contributed by atoms with Crippen LogP contribution in [0.4, 0.5) is 5.69 Å². The van der Waals surface area contributed by atoms with Gasteiger partial charge in [0.25, 0.3) is 5.91 Å². The lowest BCUT2D eigenvalue weighted by atomic mass is 9.85. The van der Waals surface area contributed by atoms with Crippen molar-refractivity contribution in [3.05, 3.63) is 94.5 Å². The number of benzene rings is 3. The van der Waals surface area contributed by atoms with Gasteiger partial charge in [-0.15, -0.1) is 0 Å². The summed E-state index contributed by atoms with van der Waals surface area (Å²) >= 11 is 0. The van der Waals surface area contributed by atoms with Gasteiger partial charge in [-0.2, -0.15) is 0 Å². The minimum atomic E-state index is -0.265. The van der Waals surface area contributed by atoms with Crippen molar-refractivity contribution >= 4 is 23.1 Å². The molecule has 0 spiro atoms. The fraction of sp³-hybridized carbons (Fsp3) is 0.344.